The van der Waals surface area contributed by atoms with Gasteiger partial charge < -0.3 is 24.8 Å². The van der Waals surface area contributed by atoms with Gasteiger partial charge in [-0.1, -0.05) is 35.3 Å². The number of benzene rings is 2. The fraction of sp³-hybridized carbons (Fsp3) is 0.444. The maximum Gasteiger partial charge on any atom is 0.325 e. The fourth-order valence-corrected chi connectivity index (χ4v) is 4.06. The van der Waals surface area contributed by atoms with Crippen molar-refractivity contribution in [3.05, 3.63) is 58.1 Å². The first kappa shape index (κ1) is 29.5. The molecular weight excluding hydrogens is 531 g/mol. The molecule has 0 aliphatic carbocycles. The number of carbonyl (C=O) groups is 2. The van der Waals surface area contributed by atoms with Gasteiger partial charge in [0.15, 0.2) is 0 Å². The summed E-state index contributed by atoms with van der Waals surface area (Å²) in [6.45, 7) is 5.37. The van der Waals surface area contributed by atoms with Crippen molar-refractivity contribution in [1.82, 2.24) is 15.5 Å². The Balaban J connectivity index is 1.73. The third kappa shape index (κ3) is 9.38. The van der Waals surface area contributed by atoms with Crippen LogP contribution in [0.1, 0.15) is 32.3 Å². The maximum absolute atomic E-state index is 13.3. The number of guanidine groups is 1. The highest BCUT2D eigenvalue weighted by Crippen LogP contribution is 2.30. The van der Waals surface area contributed by atoms with E-state index in [1.807, 2.05) is 26.0 Å². The Kier molecular flexibility index (Phi) is 11.5. The summed E-state index contributed by atoms with van der Waals surface area (Å²) in [5.74, 6) is 0.562. The average molecular weight is 565 g/mol. The second-order valence-corrected chi connectivity index (χ2v) is 9.92. The molecule has 0 aromatic heterocycles. The summed E-state index contributed by atoms with van der Waals surface area (Å²) >= 11 is 12.4. The number of hydrogen-bond donors (Lipinski definition) is 2. The predicted molar refractivity (Wildman–Crippen MR) is 148 cm³/mol. The Labute approximate surface area is 233 Å². The minimum absolute atomic E-state index is 0.0309. The van der Waals surface area contributed by atoms with Gasteiger partial charge in [0.1, 0.15) is 12.3 Å². The van der Waals surface area contributed by atoms with Gasteiger partial charge in [-0.05, 0) is 68.5 Å². The highest BCUT2D eigenvalue weighted by molar-refractivity contribution is 6.32. The Morgan fingerprint density at radius 2 is 1.84 bits per heavy atom. The molecule has 11 heteroatoms. The summed E-state index contributed by atoms with van der Waals surface area (Å²) in [6.07, 6.45) is 1.67. The van der Waals surface area contributed by atoms with Gasteiger partial charge in [-0.2, -0.15) is 0 Å². The van der Waals surface area contributed by atoms with Gasteiger partial charge in [0, 0.05) is 25.3 Å². The van der Waals surface area contributed by atoms with Crippen molar-refractivity contribution in [1.29, 1.82) is 0 Å². The number of halogens is 2. The molecule has 2 aromatic rings. The molecule has 2 N–H and O–H groups in total. The van der Waals surface area contributed by atoms with Gasteiger partial charge >= 0.3 is 12.0 Å². The molecular formula is C27H34Cl2N4O5. The van der Waals surface area contributed by atoms with Gasteiger partial charge in [0.25, 0.3) is 0 Å². The number of ether oxygens (including phenoxy) is 3. The fourth-order valence-electron chi connectivity index (χ4n) is 3.72. The number of nitrogens with one attached hydrogen (secondary N) is 2. The largest absolute Gasteiger partial charge is 0.489 e. The van der Waals surface area contributed by atoms with Crippen LogP contribution >= 0.6 is 23.2 Å². The third-order valence-corrected chi connectivity index (χ3v) is 6.24. The van der Waals surface area contributed by atoms with Crippen LogP contribution in [0.15, 0.2) is 47.5 Å². The van der Waals surface area contributed by atoms with E-state index in [-0.39, 0.29) is 31.1 Å². The molecule has 1 heterocycles. The second kappa shape index (κ2) is 14.8. The molecule has 0 saturated carbocycles. The molecule has 0 atom stereocenters. The molecule has 2 aromatic carbocycles. The molecule has 0 unspecified atom stereocenters. The number of carbonyl (C=O) groups excluding carboxylic acids is 2. The summed E-state index contributed by atoms with van der Waals surface area (Å²) in [7, 11) is 1.65. The first-order valence-electron chi connectivity index (χ1n) is 12.5. The van der Waals surface area contributed by atoms with Crippen LogP contribution in [0.4, 0.5) is 10.5 Å². The van der Waals surface area contributed by atoms with Crippen LogP contribution in [-0.2, 0) is 20.8 Å². The number of esters is 1. The maximum atomic E-state index is 13.3. The summed E-state index contributed by atoms with van der Waals surface area (Å²) in [5.41, 5.74) is 1.33. The molecule has 0 radical (unpaired) electrons. The number of rotatable bonds is 9. The van der Waals surface area contributed by atoms with E-state index in [9.17, 15) is 9.59 Å². The normalized spacial score (nSPS) is 14.2. The molecule has 1 fully saturated rings. The minimum Gasteiger partial charge on any atom is -0.489 e. The van der Waals surface area contributed by atoms with E-state index in [1.165, 1.54) is 4.90 Å². The monoisotopic (exact) mass is 564 g/mol. The van der Waals surface area contributed by atoms with Crippen molar-refractivity contribution in [2.24, 2.45) is 10.9 Å². The predicted octanol–water partition coefficient (Wildman–Crippen LogP) is 5.17. The summed E-state index contributed by atoms with van der Waals surface area (Å²) in [5, 5.41) is 6.59. The Morgan fingerprint density at radius 3 is 2.47 bits per heavy atom. The van der Waals surface area contributed by atoms with Crippen molar-refractivity contribution >= 4 is 46.8 Å². The molecule has 1 saturated heterocycles. The quantitative estimate of drug-likeness (QED) is 0.247. The molecule has 0 bridgehead atoms. The van der Waals surface area contributed by atoms with Gasteiger partial charge in [-0.3, -0.25) is 9.69 Å². The van der Waals surface area contributed by atoms with Crippen molar-refractivity contribution < 1.29 is 23.8 Å². The lowest BCUT2D eigenvalue weighted by Gasteiger charge is -2.25. The molecule has 0 spiro atoms. The number of nitrogens with zero attached hydrogens (tertiary/aromatic N) is 2. The standard InChI is InChI=1S/C27H34Cl2N4O5/c1-18(2)38-24-9-8-22(14-23(24)29)32-26(30-3)33(16-19-4-6-21(28)7-5-19)27(35)31-15-25(34)37-17-20-10-12-36-13-11-20/h4-9,14,18,20H,10-13,15-17H2,1-3H3,(H,30,32)(H,31,35). The number of urea groups is 1. The number of aliphatic imine (C=N–C) groups is 1. The first-order chi connectivity index (χ1) is 18.2. The minimum atomic E-state index is -0.526. The SMILES string of the molecule is CN/C(=N\c1ccc(OC(C)C)c(Cl)c1)N(Cc1ccc(Cl)cc1)C(=O)NCC(=O)OCC1CCOCC1. The zero-order chi connectivity index (χ0) is 27.5. The van der Waals surface area contributed by atoms with Crippen LogP contribution in [0.2, 0.25) is 10.0 Å². The topological polar surface area (TPSA) is 101 Å². The molecule has 2 amide bonds. The van der Waals surface area contributed by atoms with Gasteiger partial charge in [0.05, 0.1) is 30.0 Å². The van der Waals surface area contributed by atoms with E-state index in [4.69, 9.17) is 37.4 Å². The van der Waals surface area contributed by atoms with Crippen molar-refractivity contribution in [3.63, 3.8) is 0 Å². The Morgan fingerprint density at radius 1 is 1.13 bits per heavy atom. The molecule has 3 rings (SSSR count). The van der Waals surface area contributed by atoms with Crippen LogP contribution in [0.25, 0.3) is 0 Å². The van der Waals surface area contributed by atoms with Gasteiger partial charge in [0.2, 0.25) is 5.96 Å². The van der Waals surface area contributed by atoms with E-state index < -0.39 is 12.0 Å². The Hall–Kier alpha value is -3.01. The van der Waals surface area contributed by atoms with Gasteiger partial charge in [-0.15, -0.1) is 0 Å². The molecule has 1 aliphatic rings. The zero-order valence-electron chi connectivity index (χ0n) is 21.8. The summed E-state index contributed by atoms with van der Waals surface area (Å²) < 4.78 is 16.4. The first-order valence-corrected chi connectivity index (χ1v) is 13.3. The van der Waals surface area contributed by atoms with E-state index in [0.29, 0.717) is 41.3 Å². The average Bonchev–Trinajstić information content (AvgIpc) is 2.91. The van der Waals surface area contributed by atoms with E-state index in [1.54, 1.807) is 37.4 Å². The lowest BCUT2D eigenvalue weighted by atomic mass is 10.0. The Bertz CT molecular complexity index is 1110. The van der Waals surface area contributed by atoms with Crippen LogP contribution in [0.3, 0.4) is 0 Å². The smallest absolute Gasteiger partial charge is 0.325 e. The highest BCUT2D eigenvalue weighted by atomic mass is 35.5. The molecule has 38 heavy (non-hydrogen) atoms. The molecule has 206 valence electrons. The van der Waals surface area contributed by atoms with Crippen LogP contribution in [-0.4, -0.2) is 62.4 Å². The van der Waals surface area contributed by atoms with E-state index in [0.717, 1.165) is 18.4 Å². The van der Waals surface area contributed by atoms with Crippen LogP contribution in [0, 0.1) is 5.92 Å². The molecule has 9 nitrogen and oxygen atoms in total. The highest BCUT2D eigenvalue weighted by Gasteiger charge is 2.22. The van der Waals surface area contributed by atoms with Crippen LogP contribution in [0.5, 0.6) is 5.75 Å². The number of amides is 2. The van der Waals surface area contributed by atoms with Crippen molar-refractivity contribution in [2.75, 3.05) is 33.4 Å². The second-order valence-electron chi connectivity index (χ2n) is 9.08. The summed E-state index contributed by atoms with van der Waals surface area (Å²) in [4.78, 5) is 31.6. The van der Waals surface area contributed by atoms with Crippen LogP contribution < -0.4 is 15.4 Å². The zero-order valence-corrected chi connectivity index (χ0v) is 23.3. The summed E-state index contributed by atoms with van der Waals surface area (Å²) in [6, 6.07) is 11.7. The van der Waals surface area contributed by atoms with Crippen molar-refractivity contribution in [3.8, 4) is 5.75 Å². The van der Waals surface area contributed by atoms with E-state index in [2.05, 4.69) is 15.6 Å². The number of hydrogen-bond acceptors (Lipinski definition) is 6. The molecule has 1 aliphatic heterocycles. The lowest BCUT2D eigenvalue weighted by molar-refractivity contribution is -0.144. The third-order valence-electron chi connectivity index (χ3n) is 5.70. The van der Waals surface area contributed by atoms with Gasteiger partial charge in [-0.25, -0.2) is 9.79 Å². The van der Waals surface area contributed by atoms with Crippen molar-refractivity contribution in [2.45, 2.75) is 39.3 Å². The van der Waals surface area contributed by atoms with E-state index >= 15 is 0 Å². The lowest BCUT2D eigenvalue weighted by Crippen LogP contribution is -2.49.